The number of carboxylic acids is 1. The van der Waals surface area contributed by atoms with Gasteiger partial charge in [0.25, 0.3) is 0 Å². The molecule has 1 aromatic rings. The van der Waals surface area contributed by atoms with Crippen LogP contribution in [0, 0.1) is 0 Å². The zero-order chi connectivity index (χ0) is 9.68. The van der Waals surface area contributed by atoms with Gasteiger partial charge in [0.2, 0.25) is 0 Å². The third-order valence-corrected chi connectivity index (χ3v) is 2.87. The summed E-state index contributed by atoms with van der Waals surface area (Å²) in [5.41, 5.74) is 0. The number of nitrogens with one attached hydrogen (secondary N) is 1. The molecule has 72 valence electrons. The minimum absolute atomic E-state index is 0.0271. The van der Waals surface area contributed by atoms with Gasteiger partial charge in [-0.15, -0.1) is 11.3 Å². The van der Waals surface area contributed by atoms with Crippen molar-refractivity contribution in [1.82, 2.24) is 5.32 Å². The van der Waals surface area contributed by atoms with Crippen LogP contribution in [0.5, 0.6) is 0 Å². The molecule has 3 nitrogen and oxygen atoms in total. The number of hydrogen-bond acceptors (Lipinski definition) is 3. The number of carbonyl (C=O) groups is 1. The van der Waals surface area contributed by atoms with E-state index in [1.165, 1.54) is 9.75 Å². The Bertz CT molecular complexity index is 283. The van der Waals surface area contributed by atoms with Gasteiger partial charge in [0.05, 0.1) is 6.54 Å². The Morgan fingerprint density at radius 2 is 2.23 bits per heavy atom. The van der Waals surface area contributed by atoms with Gasteiger partial charge in [0, 0.05) is 16.3 Å². The van der Waals surface area contributed by atoms with Gasteiger partial charge >= 0.3 is 5.97 Å². The smallest absolute Gasteiger partial charge is 0.317 e. The lowest BCUT2D eigenvalue weighted by atomic mass is 10.3. The van der Waals surface area contributed by atoms with E-state index < -0.39 is 5.97 Å². The molecule has 1 rings (SSSR count). The van der Waals surface area contributed by atoms with Crippen LogP contribution in [0.2, 0.25) is 0 Å². The van der Waals surface area contributed by atoms with E-state index in [0.29, 0.717) is 6.54 Å². The quantitative estimate of drug-likeness (QED) is 0.755. The first-order chi connectivity index (χ1) is 6.22. The average Bonchev–Trinajstić information content (AvgIpc) is 2.52. The maximum atomic E-state index is 10.2. The molecule has 1 aromatic heterocycles. The second-order valence-electron chi connectivity index (χ2n) is 2.72. The second kappa shape index (κ2) is 4.99. The summed E-state index contributed by atoms with van der Waals surface area (Å²) in [6.07, 6.45) is 1.05. The first-order valence-electron chi connectivity index (χ1n) is 4.22. The number of aryl methyl sites for hydroxylation is 1. The highest BCUT2D eigenvalue weighted by atomic mass is 32.1. The van der Waals surface area contributed by atoms with Gasteiger partial charge in [0.1, 0.15) is 0 Å². The molecule has 0 atom stereocenters. The molecule has 0 radical (unpaired) electrons. The van der Waals surface area contributed by atoms with Crippen molar-refractivity contribution >= 4 is 17.3 Å². The van der Waals surface area contributed by atoms with Crippen LogP contribution in [0.15, 0.2) is 12.1 Å². The standard InChI is InChI=1S/C9H13NO2S/c1-2-7-3-4-8(13-7)5-10-6-9(11)12/h3-4,10H,2,5-6H2,1H3,(H,11,12). The summed E-state index contributed by atoms with van der Waals surface area (Å²) in [7, 11) is 0. The van der Waals surface area contributed by atoms with Crippen molar-refractivity contribution in [3.8, 4) is 0 Å². The Morgan fingerprint density at radius 3 is 2.77 bits per heavy atom. The van der Waals surface area contributed by atoms with Crippen molar-refractivity contribution in [2.45, 2.75) is 19.9 Å². The van der Waals surface area contributed by atoms with Crippen molar-refractivity contribution in [2.75, 3.05) is 6.54 Å². The maximum absolute atomic E-state index is 10.2. The number of hydrogen-bond donors (Lipinski definition) is 2. The molecule has 4 heteroatoms. The lowest BCUT2D eigenvalue weighted by Gasteiger charge is -1.97. The molecule has 2 N–H and O–H groups in total. The molecule has 0 aliphatic heterocycles. The molecule has 0 aliphatic rings. The molecule has 0 amide bonds. The number of carboxylic acid groups (broad SMARTS) is 1. The zero-order valence-corrected chi connectivity index (χ0v) is 8.36. The van der Waals surface area contributed by atoms with Gasteiger partial charge in [-0.25, -0.2) is 0 Å². The first kappa shape index (κ1) is 10.2. The summed E-state index contributed by atoms with van der Waals surface area (Å²) in [4.78, 5) is 12.7. The Kier molecular flexibility index (Phi) is 3.92. The van der Waals surface area contributed by atoms with Crippen molar-refractivity contribution < 1.29 is 9.90 Å². The summed E-state index contributed by atoms with van der Waals surface area (Å²) in [6, 6.07) is 4.13. The molecule has 0 saturated carbocycles. The molecular weight excluding hydrogens is 186 g/mol. The summed E-state index contributed by atoms with van der Waals surface area (Å²) >= 11 is 1.73. The first-order valence-corrected chi connectivity index (χ1v) is 5.04. The average molecular weight is 199 g/mol. The molecule has 13 heavy (non-hydrogen) atoms. The van der Waals surface area contributed by atoms with Crippen LogP contribution < -0.4 is 5.32 Å². The van der Waals surface area contributed by atoms with Crippen molar-refractivity contribution in [1.29, 1.82) is 0 Å². The monoisotopic (exact) mass is 199 g/mol. The molecule has 0 unspecified atom stereocenters. The summed E-state index contributed by atoms with van der Waals surface area (Å²) in [5.74, 6) is -0.813. The molecular formula is C9H13NO2S. The van der Waals surface area contributed by atoms with Gasteiger partial charge in [-0.05, 0) is 18.6 Å². The van der Waals surface area contributed by atoms with E-state index in [1.54, 1.807) is 11.3 Å². The van der Waals surface area contributed by atoms with Crippen molar-refractivity contribution in [2.24, 2.45) is 0 Å². The topological polar surface area (TPSA) is 49.3 Å². The van der Waals surface area contributed by atoms with E-state index in [0.717, 1.165) is 6.42 Å². The van der Waals surface area contributed by atoms with E-state index >= 15 is 0 Å². The normalized spacial score (nSPS) is 10.2. The molecule has 1 heterocycles. The second-order valence-corrected chi connectivity index (χ2v) is 3.97. The van der Waals surface area contributed by atoms with Crippen LogP contribution in [0.3, 0.4) is 0 Å². The Labute approximate surface area is 81.4 Å². The maximum Gasteiger partial charge on any atom is 0.317 e. The van der Waals surface area contributed by atoms with Crippen LogP contribution in [-0.4, -0.2) is 17.6 Å². The van der Waals surface area contributed by atoms with Gasteiger partial charge in [-0.3, -0.25) is 4.79 Å². The summed E-state index contributed by atoms with van der Waals surface area (Å²) in [6.45, 7) is 2.79. The van der Waals surface area contributed by atoms with Gasteiger partial charge in [-0.2, -0.15) is 0 Å². The number of thiophene rings is 1. The van der Waals surface area contributed by atoms with Crippen LogP contribution in [0.1, 0.15) is 16.7 Å². The van der Waals surface area contributed by atoms with E-state index in [1.807, 2.05) is 6.07 Å². The van der Waals surface area contributed by atoms with Crippen molar-refractivity contribution in [3.63, 3.8) is 0 Å². The Morgan fingerprint density at radius 1 is 1.54 bits per heavy atom. The molecule has 0 aromatic carbocycles. The number of rotatable bonds is 5. The van der Waals surface area contributed by atoms with Gasteiger partial charge in [0.15, 0.2) is 0 Å². The Balaban J connectivity index is 2.32. The van der Waals surface area contributed by atoms with Crippen LogP contribution in [0.25, 0.3) is 0 Å². The third-order valence-electron chi connectivity index (χ3n) is 1.64. The van der Waals surface area contributed by atoms with Crippen molar-refractivity contribution in [3.05, 3.63) is 21.9 Å². The highest BCUT2D eigenvalue weighted by Gasteiger charge is 1.99. The minimum Gasteiger partial charge on any atom is -0.480 e. The van der Waals surface area contributed by atoms with E-state index in [-0.39, 0.29) is 6.54 Å². The fourth-order valence-corrected chi connectivity index (χ4v) is 1.93. The lowest BCUT2D eigenvalue weighted by Crippen LogP contribution is -2.21. The van der Waals surface area contributed by atoms with Crippen LogP contribution >= 0.6 is 11.3 Å². The Hall–Kier alpha value is -0.870. The third kappa shape index (κ3) is 3.57. The molecule has 0 aliphatic carbocycles. The molecule has 0 fully saturated rings. The highest BCUT2D eigenvalue weighted by molar-refractivity contribution is 7.11. The largest absolute Gasteiger partial charge is 0.480 e. The molecule has 0 saturated heterocycles. The fraction of sp³-hybridized carbons (Fsp3) is 0.444. The zero-order valence-electron chi connectivity index (χ0n) is 7.54. The lowest BCUT2D eigenvalue weighted by molar-refractivity contribution is -0.135. The van der Waals surface area contributed by atoms with Crippen LogP contribution in [0.4, 0.5) is 0 Å². The van der Waals surface area contributed by atoms with Gasteiger partial charge in [-0.1, -0.05) is 6.92 Å². The van der Waals surface area contributed by atoms with E-state index in [9.17, 15) is 4.79 Å². The van der Waals surface area contributed by atoms with Gasteiger partial charge < -0.3 is 10.4 Å². The summed E-state index contributed by atoms with van der Waals surface area (Å²) < 4.78 is 0. The fourth-order valence-electron chi connectivity index (χ4n) is 1.000. The molecule has 0 bridgehead atoms. The minimum atomic E-state index is -0.813. The summed E-state index contributed by atoms with van der Waals surface area (Å²) in [5, 5.41) is 11.2. The predicted molar refractivity (Wildman–Crippen MR) is 53.0 cm³/mol. The SMILES string of the molecule is CCc1ccc(CNCC(=O)O)s1. The van der Waals surface area contributed by atoms with Crippen LogP contribution in [-0.2, 0) is 17.8 Å². The van der Waals surface area contributed by atoms with E-state index in [2.05, 4.69) is 18.3 Å². The predicted octanol–water partition coefficient (Wildman–Crippen LogP) is 1.48. The highest BCUT2D eigenvalue weighted by Crippen LogP contribution is 2.16. The number of aliphatic carboxylic acids is 1. The van der Waals surface area contributed by atoms with E-state index in [4.69, 9.17) is 5.11 Å². The molecule has 0 spiro atoms.